The Balaban J connectivity index is 0.941. The van der Waals surface area contributed by atoms with E-state index < -0.39 is 5.41 Å². The average Bonchev–Trinajstić information content (AvgIpc) is 4.23. The largest absolute Gasteiger partial charge is 0.455 e. The molecule has 1 atom stereocenters. The molecule has 4 heteroatoms. The molecule has 0 amide bonds. The Labute approximate surface area is 410 Å². The average molecular weight is 906 g/mol. The zero-order valence-electron chi connectivity index (χ0n) is 38.7. The van der Waals surface area contributed by atoms with Crippen molar-refractivity contribution < 1.29 is 4.42 Å². The first-order chi connectivity index (χ1) is 35.3. The predicted molar refractivity (Wildman–Crippen MR) is 293 cm³/mol. The standard InChI is InChI=1S/C67H43N3O/c1-4-18-42(19-5-1)68(45-33-38-61-54(40-45)49-25-12-16-30-59(49)69(61)43-20-6-2-7-21-43)46-32-34-48-47-24-10-14-28-55(47)67(58(48)41-46)56-29-15-11-26-52(56)63-57(67)37-35-50-51-36-39-62-64(66(51)71-65(50)63)53-27-13-17-31-60(53)70(62)44-22-8-3-9-23-44/h1-12,14-26,28-41H,13,27H2. The first-order valence-electron chi connectivity index (χ1n) is 24.8. The first-order valence-corrected chi connectivity index (χ1v) is 24.8. The van der Waals surface area contributed by atoms with Crippen LogP contribution < -0.4 is 4.90 Å². The number of benzene rings is 10. The number of rotatable bonds is 5. The minimum Gasteiger partial charge on any atom is -0.455 e. The molecule has 332 valence electrons. The fraction of sp³-hybridized carbons (Fsp3) is 0.0448. The van der Waals surface area contributed by atoms with Gasteiger partial charge in [-0.3, -0.25) is 0 Å². The topological polar surface area (TPSA) is 26.2 Å². The second kappa shape index (κ2) is 14.5. The Kier molecular flexibility index (Phi) is 7.90. The van der Waals surface area contributed by atoms with Gasteiger partial charge in [-0.05, 0) is 148 Å². The Morgan fingerprint density at radius 1 is 0.408 bits per heavy atom. The third-order valence-electron chi connectivity index (χ3n) is 16.0. The molecule has 0 aliphatic heterocycles. The summed E-state index contributed by atoms with van der Waals surface area (Å²) in [7, 11) is 0. The van der Waals surface area contributed by atoms with E-state index in [9.17, 15) is 0 Å². The smallest absolute Gasteiger partial charge is 0.145 e. The van der Waals surface area contributed by atoms with Crippen LogP contribution in [0, 0.1) is 0 Å². The van der Waals surface area contributed by atoms with Gasteiger partial charge in [0.05, 0.1) is 22.0 Å². The van der Waals surface area contributed by atoms with Crippen LogP contribution in [0.5, 0.6) is 0 Å². The minimum atomic E-state index is -0.591. The Morgan fingerprint density at radius 3 is 1.83 bits per heavy atom. The highest BCUT2D eigenvalue weighted by molar-refractivity contribution is 6.20. The molecule has 0 saturated heterocycles. The molecule has 0 saturated carbocycles. The van der Waals surface area contributed by atoms with Crippen LogP contribution in [0.2, 0.25) is 0 Å². The normalized spacial score (nSPS) is 15.2. The van der Waals surface area contributed by atoms with Crippen molar-refractivity contribution in [2.45, 2.75) is 18.3 Å². The lowest BCUT2D eigenvalue weighted by molar-refractivity contribution is 0.672. The summed E-state index contributed by atoms with van der Waals surface area (Å²) in [5.74, 6) is 0. The van der Waals surface area contributed by atoms with E-state index in [1.165, 1.54) is 88.5 Å². The summed E-state index contributed by atoms with van der Waals surface area (Å²) < 4.78 is 12.3. The summed E-state index contributed by atoms with van der Waals surface area (Å²) in [4.78, 5) is 2.44. The molecule has 1 unspecified atom stereocenters. The van der Waals surface area contributed by atoms with E-state index in [0.717, 1.165) is 63.2 Å². The van der Waals surface area contributed by atoms with Gasteiger partial charge in [-0.2, -0.15) is 0 Å². The number of para-hydroxylation sites is 4. The maximum atomic E-state index is 7.49. The van der Waals surface area contributed by atoms with Crippen LogP contribution in [0.1, 0.15) is 39.9 Å². The zero-order valence-corrected chi connectivity index (χ0v) is 38.7. The zero-order chi connectivity index (χ0) is 46.4. The number of aromatic nitrogens is 2. The highest BCUT2D eigenvalue weighted by Gasteiger charge is 2.52. The number of hydrogen-bond donors (Lipinski definition) is 0. The van der Waals surface area contributed by atoms with Crippen molar-refractivity contribution in [3.8, 4) is 33.6 Å². The fourth-order valence-corrected chi connectivity index (χ4v) is 13.2. The van der Waals surface area contributed by atoms with Gasteiger partial charge in [-0.1, -0.05) is 146 Å². The Morgan fingerprint density at radius 2 is 1.01 bits per heavy atom. The molecule has 3 aromatic heterocycles. The molecule has 1 spiro atoms. The van der Waals surface area contributed by atoms with Crippen molar-refractivity contribution in [3.63, 3.8) is 0 Å². The summed E-state index contributed by atoms with van der Waals surface area (Å²) in [6.45, 7) is 0. The van der Waals surface area contributed by atoms with Crippen molar-refractivity contribution >= 4 is 77.8 Å². The second-order valence-corrected chi connectivity index (χ2v) is 19.4. The van der Waals surface area contributed by atoms with Gasteiger partial charge >= 0.3 is 0 Å². The Bertz CT molecular complexity index is 4400. The van der Waals surface area contributed by atoms with E-state index in [4.69, 9.17) is 4.42 Å². The molecule has 3 aliphatic carbocycles. The number of hydrogen-bond acceptors (Lipinski definition) is 2. The number of nitrogens with zero attached hydrogens (tertiary/aromatic N) is 3. The lowest BCUT2D eigenvalue weighted by Gasteiger charge is -2.32. The van der Waals surface area contributed by atoms with E-state index in [-0.39, 0.29) is 0 Å². The van der Waals surface area contributed by atoms with Gasteiger partial charge in [0.1, 0.15) is 11.2 Å². The van der Waals surface area contributed by atoms with Gasteiger partial charge < -0.3 is 18.5 Å². The maximum absolute atomic E-state index is 7.49. The third-order valence-corrected chi connectivity index (χ3v) is 16.0. The van der Waals surface area contributed by atoms with Crippen molar-refractivity contribution in [1.29, 1.82) is 0 Å². The number of aryl methyl sites for hydroxylation is 1. The minimum absolute atomic E-state index is 0.591. The van der Waals surface area contributed by atoms with Gasteiger partial charge in [-0.25, -0.2) is 0 Å². The van der Waals surface area contributed by atoms with Gasteiger partial charge in [0, 0.05) is 66.6 Å². The number of allylic oxidation sites excluding steroid dienone is 1. The molecule has 0 bridgehead atoms. The van der Waals surface area contributed by atoms with Crippen molar-refractivity contribution in [2.24, 2.45) is 0 Å². The first kappa shape index (κ1) is 38.8. The summed E-state index contributed by atoms with van der Waals surface area (Å²) in [6, 6.07) is 82.9. The van der Waals surface area contributed by atoms with Crippen LogP contribution >= 0.6 is 0 Å². The highest BCUT2D eigenvalue weighted by Crippen LogP contribution is 2.65. The fourth-order valence-electron chi connectivity index (χ4n) is 13.2. The van der Waals surface area contributed by atoms with E-state index in [1.807, 2.05) is 0 Å². The molecular weight excluding hydrogens is 863 g/mol. The van der Waals surface area contributed by atoms with E-state index in [0.29, 0.717) is 0 Å². The van der Waals surface area contributed by atoms with Crippen LogP contribution in [-0.2, 0) is 11.8 Å². The Hall–Kier alpha value is -9.12. The molecule has 0 radical (unpaired) electrons. The molecule has 4 nitrogen and oxygen atoms in total. The van der Waals surface area contributed by atoms with Gasteiger partial charge in [0.15, 0.2) is 0 Å². The number of fused-ring (bicyclic) bond motifs is 21. The number of anilines is 3. The van der Waals surface area contributed by atoms with E-state index in [2.05, 4.69) is 251 Å². The van der Waals surface area contributed by atoms with Crippen LogP contribution in [0.25, 0.3) is 94.4 Å². The predicted octanol–water partition coefficient (Wildman–Crippen LogP) is 17.4. The monoisotopic (exact) mass is 905 g/mol. The quantitative estimate of drug-likeness (QED) is 0.172. The summed E-state index contributed by atoms with van der Waals surface area (Å²) in [5, 5.41) is 5.98. The molecule has 0 N–H and O–H groups in total. The van der Waals surface area contributed by atoms with Crippen LogP contribution in [0.15, 0.2) is 235 Å². The highest BCUT2D eigenvalue weighted by atomic mass is 16.3. The van der Waals surface area contributed by atoms with Gasteiger partial charge in [0.25, 0.3) is 0 Å². The molecule has 3 aliphatic rings. The summed E-state index contributed by atoms with van der Waals surface area (Å²) in [5.41, 5.74) is 23.2. The van der Waals surface area contributed by atoms with Gasteiger partial charge in [0.2, 0.25) is 0 Å². The molecule has 10 aromatic carbocycles. The maximum Gasteiger partial charge on any atom is 0.145 e. The van der Waals surface area contributed by atoms with Gasteiger partial charge in [-0.15, -0.1) is 0 Å². The molecule has 0 fully saturated rings. The molecular formula is C67H43N3O. The third kappa shape index (κ3) is 5.13. The summed E-state index contributed by atoms with van der Waals surface area (Å²) in [6.07, 6.45) is 6.61. The SMILES string of the molecule is C1=Cc2c(c3c4oc5c6c(ccc5c4ccc3n2-c2ccccc2)C2(c3ccccc3-c3ccc(N(c4ccccc4)c4ccc5c(c4)c4ccccc4n5-c4ccccc4)cc32)c2ccccc2-6)CC1. The van der Waals surface area contributed by atoms with E-state index >= 15 is 0 Å². The van der Waals surface area contributed by atoms with Crippen molar-refractivity contribution in [3.05, 3.63) is 264 Å². The second-order valence-electron chi connectivity index (χ2n) is 19.4. The van der Waals surface area contributed by atoms with Crippen LogP contribution in [-0.4, -0.2) is 9.13 Å². The number of furan rings is 1. The summed E-state index contributed by atoms with van der Waals surface area (Å²) >= 11 is 0. The molecule has 3 heterocycles. The van der Waals surface area contributed by atoms with Crippen LogP contribution in [0.4, 0.5) is 17.1 Å². The molecule has 71 heavy (non-hydrogen) atoms. The van der Waals surface area contributed by atoms with Crippen molar-refractivity contribution in [1.82, 2.24) is 9.13 Å². The lowest BCUT2D eigenvalue weighted by atomic mass is 9.70. The lowest BCUT2D eigenvalue weighted by Crippen LogP contribution is -2.26. The van der Waals surface area contributed by atoms with Crippen molar-refractivity contribution in [2.75, 3.05) is 4.90 Å². The van der Waals surface area contributed by atoms with E-state index in [1.54, 1.807) is 0 Å². The molecule has 16 rings (SSSR count). The van der Waals surface area contributed by atoms with Crippen LogP contribution in [0.3, 0.4) is 0 Å². The molecule has 13 aromatic rings.